The minimum atomic E-state index is -0.542. The molecule has 1 unspecified atom stereocenters. The number of carbonyl (C=O) groups is 1. The lowest BCUT2D eigenvalue weighted by atomic mass is 10.1. The first-order valence-electron chi connectivity index (χ1n) is 6.38. The van der Waals surface area contributed by atoms with Gasteiger partial charge in [-0.25, -0.2) is 4.39 Å². The van der Waals surface area contributed by atoms with E-state index in [0.717, 1.165) is 5.56 Å². The van der Waals surface area contributed by atoms with Gasteiger partial charge in [-0.1, -0.05) is 39.7 Å². The zero-order valence-electron chi connectivity index (χ0n) is 11.6. The Kier molecular flexibility index (Phi) is 5.01. The lowest BCUT2D eigenvalue weighted by Gasteiger charge is -2.25. The number of amides is 1. The second-order valence-corrected chi connectivity index (χ2v) is 6.12. The molecule has 1 amide bonds. The summed E-state index contributed by atoms with van der Waals surface area (Å²) < 4.78 is 14.5. The van der Waals surface area contributed by atoms with E-state index in [4.69, 9.17) is 11.6 Å². The van der Waals surface area contributed by atoms with Crippen molar-refractivity contribution in [1.29, 1.82) is 0 Å². The van der Waals surface area contributed by atoms with Crippen LogP contribution in [0, 0.1) is 5.82 Å². The Hall–Kier alpha value is -1.39. The Labute approximate surface area is 136 Å². The Bertz CT molecular complexity index is 677. The Morgan fingerprint density at radius 3 is 2.62 bits per heavy atom. The third kappa shape index (κ3) is 3.63. The summed E-state index contributed by atoms with van der Waals surface area (Å²) in [5.41, 5.74) is 0.949. The van der Waals surface area contributed by atoms with Gasteiger partial charge in [-0.15, -0.1) is 0 Å². The monoisotopic (exact) mass is 369 g/mol. The van der Waals surface area contributed by atoms with Crippen LogP contribution in [-0.2, 0) is 0 Å². The van der Waals surface area contributed by atoms with Crippen molar-refractivity contribution in [3.05, 3.63) is 68.9 Å². The van der Waals surface area contributed by atoms with Crippen LogP contribution in [0.2, 0.25) is 5.02 Å². The summed E-state index contributed by atoms with van der Waals surface area (Å²) in [4.78, 5) is 13.9. The zero-order chi connectivity index (χ0) is 15.6. The van der Waals surface area contributed by atoms with Gasteiger partial charge >= 0.3 is 0 Å². The van der Waals surface area contributed by atoms with Crippen molar-refractivity contribution >= 4 is 33.4 Å². The van der Waals surface area contributed by atoms with Crippen LogP contribution >= 0.6 is 27.5 Å². The maximum absolute atomic E-state index is 13.9. The van der Waals surface area contributed by atoms with Crippen LogP contribution in [0.15, 0.2) is 46.9 Å². The molecule has 0 saturated carbocycles. The van der Waals surface area contributed by atoms with Crippen molar-refractivity contribution in [2.45, 2.75) is 13.0 Å². The quantitative estimate of drug-likeness (QED) is 0.738. The van der Waals surface area contributed by atoms with Gasteiger partial charge in [-0.05, 0) is 42.8 Å². The normalized spacial score (nSPS) is 12.0. The highest BCUT2D eigenvalue weighted by molar-refractivity contribution is 9.10. The van der Waals surface area contributed by atoms with Gasteiger partial charge < -0.3 is 4.90 Å². The molecule has 0 N–H and O–H groups in total. The van der Waals surface area contributed by atoms with Gasteiger partial charge in [-0.2, -0.15) is 0 Å². The number of nitrogens with zero attached hydrogens (tertiary/aromatic N) is 1. The van der Waals surface area contributed by atoms with E-state index in [2.05, 4.69) is 15.9 Å². The second kappa shape index (κ2) is 6.58. The summed E-state index contributed by atoms with van der Waals surface area (Å²) in [5.74, 6) is -0.910. The smallest absolute Gasteiger partial charge is 0.257 e. The van der Waals surface area contributed by atoms with Gasteiger partial charge in [-0.3, -0.25) is 4.79 Å². The predicted octanol–water partition coefficient (Wildman–Crippen LogP) is 5.07. The van der Waals surface area contributed by atoms with E-state index in [1.807, 2.05) is 19.1 Å². The average molecular weight is 371 g/mol. The molecule has 0 aliphatic carbocycles. The molecule has 0 aliphatic rings. The third-order valence-electron chi connectivity index (χ3n) is 3.39. The summed E-state index contributed by atoms with van der Waals surface area (Å²) in [6.45, 7) is 1.88. The van der Waals surface area contributed by atoms with Crippen molar-refractivity contribution in [3.63, 3.8) is 0 Å². The lowest BCUT2D eigenvalue weighted by molar-refractivity contribution is 0.0738. The van der Waals surface area contributed by atoms with Crippen LogP contribution in [-0.4, -0.2) is 17.9 Å². The number of benzene rings is 2. The van der Waals surface area contributed by atoms with E-state index in [1.165, 1.54) is 17.0 Å². The maximum atomic E-state index is 13.9. The largest absolute Gasteiger partial charge is 0.335 e. The molecule has 21 heavy (non-hydrogen) atoms. The summed E-state index contributed by atoms with van der Waals surface area (Å²) in [6.07, 6.45) is 0. The first-order chi connectivity index (χ1) is 9.90. The molecule has 2 aromatic rings. The molecule has 0 aliphatic heterocycles. The van der Waals surface area contributed by atoms with Crippen LogP contribution in [0.3, 0.4) is 0 Å². The second-order valence-electron chi connectivity index (χ2n) is 4.77. The zero-order valence-corrected chi connectivity index (χ0v) is 14.0. The van der Waals surface area contributed by atoms with Crippen LogP contribution in [0.1, 0.15) is 28.9 Å². The third-order valence-corrected chi connectivity index (χ3v) is 4.12. The van der Waals surface area contributed by atoms with Gasteiger partial charge in [0.15, 0.2) is 0 Å². The molecular formula is C16H14BrClFNO. The van der Waals surface area contributed by atoms with Crippen molar-refractivity contribution in [3.8, 4) is 0 Å². The molecule has 0 aromatic heterocycles. The molecule has 110 valence electrons. The maximum Gasteiger partial charge on any atom is 0.257 e. The number of halogens is 3. The van der Waals surface area contributed by atoms with E-state index in [9.17, 15) is 9.18 Å². The highest BCUT2D eigenvalue weighted by Gasteiger charge is 2.21. The van der Waals surface area contributed by atoms with E-state index >= 15 is 0 Å². The molecule has 1 atom stereocenters. The van der Waals surface area contributed by atoms with Gasteiger partial charge in [0.25, 0.3) is 5.91 Å². The fraction of sp³-hybridized carbons (Fsp3) is 0.188. The topological polar surface area (TPSA) is 20.3 Å². The van der Waals surface area contributed by atoms with E-state index in [1.54, 1.807) is 25.2 Å². The average Bonchev–Trinajstić information content (AvgIpc) is 2.45. The van der Waals surface area contributed by atoms with Crippen LogP contribution in [0.5, 0.6) is 0 Å². The predicted molar refractivity (Wildman–Crippen MR) is 86.1 cm³/mol. The van der Waals surface area contributed by atoms with Crippen molar-refractivity contribution in [2.75, 3.05) is 7.05 Å². The highest BCUT2D eigenvalue weighted by Crippen LogP contribution is 2.24. The van der Waals surface area contributed by atoms with E-state index in [0.29, 0.717) is 9.50 Å². The molecule has 0 bridgehead atoms. The lowest BCUT2D eigenvalue weighted by Crippen LogP contribution is -2.30. The van der Waals surface area contributed by atoms with Gasteiger partial charge in [0.2, 0.25) is 0 Å². The minimum absolute atomic E-state index is 0.0505. The molecule has 0 heterocycles. The van der Waals surface area contributed by atoms with Crippen LogP contribution in [0.4, 0.5) is 4.39 Å². The number of hydrogen-bond acceptors (Lipinski definition) is 1. The Morgan fingerprint density at radius 2 is 2.00 bits per heavy atom. The molecular weight excluding hydrogens is 357 g/mol. The minimum Gasteiger partial charge on any atom is -0.335 e. The van der Waals surface area contributed by atoms with Gasteiger partial charge in [0.05, 0.1) is 11.6 Å². The highest BCUT2D eigenvalue weighted by atomic mass is 79.9. The molecule has 0 fully saturated rings. The summed E-state index contributed by atoms with van der Waals surface area (Å²) in [6, 6.07) is 11.5. The molecule has 0 saturated heterocycles. The molecule has 0 spiro atoms. The van der Waals surface area contributed by atoms with Crippen molar-refractivity contribution in [2.24, 2.45) is 0 Å². The summed E-state index contributed by atoms with van der Waals surface area (Å²) >= 11 is 9.14. The molecule has 0 radical (unpaired) electrons. The Balaban J connectivity index is 2.26. The SMILES string of the molecule is CC(c1cccc(Cl)c1)N(C)C(=O)c1ccc(Br)cc1F. The number of rotatable bonds is 3. The molecule has 2 aromatic carbocycles. The first-order valence-corrected chi connectivity index (χ1v) is 7.55. The molecule has 2 nitrogen and oxygen atoms in total. The van der Waals surface area contributed by atoms with Crippen molar-refractivity contribution < 1.29 is 9.18 Å². The number of hydrogen-bond donors (Lipinski definition) is 0. The number of carbonyl (C=O) groups excluding carboxylic acids is 1. The van der Waals surface area contributed by atoms with Crippen molar-refractivity contribution in [1.82, 2.24) is 4.90 Å². The van der Waals surface area contributed by atoms with Gasteiger partial charge in [0.1, 0.15) is 5.82 Å². The van der Waals surface area contributed by atoms with Crippen LogP contribution < -0.4 is 0 Å². The molecule has 5 heteroatoms. The fourth-order valence-corrected chi connectivity index (χ4v) is 2.55. The fourth-order valence-electron chi connectivity index (χ4n) is 2.02. The first kappa shape index (κ1) is 16.0. The standard InChI is InChI=1S/C16H14BrClFNO/c1-10(11-4-3-5-13(18)8-11)20(2)16(21)14-7-6-12(17)9-15(14)19/h3-10H,1-2H3. The van der Waals surface area contributed by atoms with Crippen LogP contribution in [0.25, 0.3) is 0 Å². The van der Waals surface area contributed by atoms with E-state index in [-0.39, 0.29) is 17.5 Å². The van der Waals surface area contributed by atoms with Gasteiger partial charge in [0, 0.05) is 16.5 Å². The Morgan fingerprint density at radius 1 is 1.29 bits per heavy atom. The summed E-state index contributed by atoms with van der Waals surface area (Å²) in [7, 11) is 1.65. The van der Waals surface area contributed by atoms with E-state index < -0.39 is 5.82 Å². The molecule has 2 rings (SSSR count). The summed E-state index contributed by atoms with van der Waals surface area (Å²) in [5, 5.41) is 0.607.